The number of anilines is 1. The topological polar surface area (TPSA) is 98.2 Å². The molecule has 190 valence electrons. The average molecular weight is 504 g/mol. The molecule has 0 saturated carbocycles. The first kappa shape index (κ1) is 25.1. The third-order valence-corrected chi connectivity index (χ3v) is 6.22. The first-order chi connectivity index (χ1) is 17.0. The summed E-state index contributed by atoms with van der Waals surface area (Å²) in [5.41, 5.74) is 7.43. The number of amides is 1. The van der Waals surface area contributed by atoms with Crippen LogP contribution in [-0.2, 0) is 22.4 Å². The number of alkyl halides is 3. The smallest absolute Gasteiger partial charge is 0.490 e. The molecule has 0 atom stereocenters. The van der Waals surface area contributed by atoms with Crippen LogP contribution in [0.5, 0.6) is 17.2 Å². The number of carbonyl (C=O) groups excluding carboxylic acids is 1. The second kappa shape index (κ2) is 9.21. The van der Waals surface area contributed by atoms with E-state index in [0.29, 0.717) is 18.0 Å². The van der Waals surface area contributed by atoms with Crippen molar-refractivity contribution in [1.29, 1.82) is 0 Å². The first-order valence-electron chi connectivity index (χ1n) is 10.9. The van der Waals surface area contributed by atoms with Crippen molar-refractivity contribution in [2.24, 2.45) is 0 Å². The van der Waals surface area contributed by atoms with Crippen LogP contribution >= 0.6 is 0 Å². The molecule has 36 heavy (non-hydrogen) atoms. The average Bonchev–Trinajstić information content (AvgIpc) is 3.21. The van der Waals surface area contributed by atoms with Crippen molar-refractivity contribution in [2.75, 3.05) is 32.8 Å². The third kappa shape index (κ3) is 4.14. The number of aromatic nitrogens is 1. The second-order valence-corrected chi connectivity index (χ2v) is 8.20. The number of aliphatic carboxylic acids is 1. The molecule has 2 aliphatic rings. The highest BCUT2D eigenvalue weighted by Gasteiger charge is 2.38. The van der Waals surface area contributed by atoms with Crippen molar-refractivity contribution in [2.45, 2.75) is 25.9 Å². The lowest BCUT2D eigenvalue weighted by Crippen LogP contribution is -2.34. The number of rotatable bonds is 3. The minimum absolute atomic E-state index is 0.0166. The van der Waals surface area contributed by atoms with Gasteiger partial charge in [0.15, 0.2) is 11.5 Å². The van der Waals surface area contributed by atoms with Crippen LogP contribution in [0.3, 0.4) is 0 Å². The molecular formula is C25H23F3N2O6. The zero-order valence-electron chi connectivity index (χ0n) is 19.9. The van der Waals surface area contributed by atoms with Crippen molar-refractivity contribution in [1.82, 2.24) is 4.98 Å². The zero-order valence-corrected chi connectivity index (χ0v) is 19.9. The van der Waals surface area contributed by atoms with Gasteiger partial charge in [-0.15, -0.1) is 0 Å². The summed E-state index contributed by atoms with van der Waals surface area (Å²) in [6.45, 7) is 2.19. The van der Waals surface area contributed by atoms with E-state index in [1.54, 1.807) is 33.2 Å². The fourth-order valence-corrected chi connectivity index (χ4v) is 4.69. The number of pyridine rings is 1. The molecule has 8 nitrogen and oxygen atoms in total. The van der Waals surface area contributed by atoms with Crippen LogP contribution in [-0.4, -0.2) is 56.0 Å². The number of carboxylic acid groups (broad SMARTS) is 1. The molecule has 0 fully saturated rings. The number of halogens is 3. The molecule has 1 N–H and O–H groups in total. The summed E-state index contributed by atoms with van der Waals surface area (Å²) < 4.78 is 48.4. The minimum Gasteiger partial charge on any atom is -0.497 e. The highest BCUT2D eigenvalue weighted by atomic mass is 19.4. The number of carboxylic acids is 1. The van der Waals surface area contributed by atoms with Gasteiger partial charge in [-0.05, 0) is 41.3 Å². The number of fused-ring (bicyclic) bond motifs is 4. The Morgan fingerprint density at radius 3 is 2.31 bits per heavy atom. The Bertz CT molecular complexity index is 1390. The molecule has 0 spiro atoms. The number of methoxy groups -OCH3 is 3. The first-order valence-corrected chi connectivity index (χ1v) is 10.9. The Hall–Kier alpha value is -4.02. The van der Waals surface area contributed by atoms with Gasteiger partial charge in [0.1, 0.15) is 5.75 Å². The van der Waals surface area contributed by atoms with Gasteiger partial charge in [-0.1, -0.05) is 0 Å². The Morgan fingerprint density at radius 2 is 1.75 bits per heavy atom. The van der Waals surface area contributed by atoms with Gasteiger partial charge in [-0.2, -0.15) is 13.2 Å². The van der Waals surface area contributed by atoms with E-state index < -0.39 is 12.1 Å². The van der Waals surface area contributed by atoms with Crippen LogP contribution in [0.1, 0.15) is 23.6 Å². The molecule has 0 unspecified atom stereocenters. The van der Waals surface area contributed by atoms with Crippen LogP contribution in [0.2, 0.25) is 0 Å². The van der Waals surface area contributed by atoms with Gasteiger partial charge in [0, 0.05) is 36.9 Å². The van der Waals surface area contributed by atoms with Crippen molar-refractivity contribution in [3.63, 3.8) is 0 Å². The zero-order chi connectivity index (χ0) is 26.4. The van der Waals surface area contributed by atoms with Gasteiger partial charge in [0.25, 0.3) is 0 Å². The summed E-state index contributed by atoms with van der Waals surface area (Å²) in [4.78, 5) is 28.1. The molecule has 0 bridgehead atoms. The number of nitrogens with zero attached hydrogens (tertiary/aromatic N) is 2. The molecule has 2 heterocycles. The lowest BCUT2D eigenvalue weighted by Gasteiger charge is -2.31. The normalized spacial score (nSPS) is 13.4. The lowest BCUT2D eigenvalue weighted by molar-refractivity contribution is -0.192. The van der Waals surface area contributed by atoms with Crippen molar-refractivity contribution >= 4 is 28.5 Å². The summed E-state index contributed by atoms with van der Waals surface area (Å²) >= 11 is 0. The van der Waals surface area contributed by atoms with Gasteiger partial charge in [0.05, 0.1) is 38.2 Å². The van der Waals surface area contributed by atoms with E-state index in [1.807, 2.05) is 12.1 Å². The van der Waals surface area contributed by atoms with Gasteiger partial charge in [0.2, 0.25) is 5.91 Å². The Morgan fingerprint density at radius 1 is 1.06 bits per heavy atom. The SMILES string of the molecule is COc1ccc2c(c1)Cc1c-2nc2cc(OC)c(OC)c3c2c1CCN3C(C)=O.O=C(O)C(F)(F)F. The van der Waals surface area contributed by atoms with Gasteiger partial charge in [-0.3, -0.25) is 4.79 Å². The maximum Gasteiger partial charge on any atom is 0.490 e. The van der Waals surface area contributed by atoms with Crippen LogP contribution in [0.15, 0.2) is 24.3 Å². The van der Waals surface area contributed by atoms with E-state index in [0.717, 1.165) is 46.4 Å². The Kier molecular flexibility index (Phi) is 6.42. The number of carbonyl (C=O) groups is 2. The number of benzene rings is 2. The Labute approximate surface area is 204 Å². The van der Waals surface area contributed by atoms with E-state index in [9.17, 15) is 18.0 Å². The van der Waals surface area contributed by atoms with Gasteiger partial charge < -0.3 is 24.2 Å². The summed E-state index contributed by atoms with van der Waals surface area (Å²) in [5.74, 6) is -0.768. The van der Waals surface area contributed by atoms with E-state index >= 15 is 0 Å². The molecule has 11 heteroatoms. The molecule has 0 radical (unpaired) electrons. The van der Waals surface area contributed by atoms with Crippen LogP contribution in [0.4, 0.5) is 18.9 Å². The highest BCUT2D eigenvalue weighted by molar-refractivity contribution is 6.09. The fourth-order valence-electron chi connectivity index (χ4n) is 4.69. The largest absolute Gasteiger partial charge is 0.497 e. The van der Waals surface area contributed by atoms with E-state index in [-0.39, 0.29) is 5.91 Å². The van der Waals surface area contributed by atoms with E-state index in [4.69, 9.17) is 29.1 Å². The Balaban J connectivity index is 0.000000384. The van der Waals surface area contributed by atoms with Gasteiger partial charge >= 0.3 is 12.1 Å². The summed E-state index contributed by atoms with van der Waals surface area (Å²) in [6, 6.07) is 8.05. The van der Waals surface area contributed by atoms with Crippen molar-refractivity contribution in [3.05, 3.63) is 41.0 Å². The minimum atomic E-state index is -5.08. The molecule has 3 aromatic rings. The highest BCUT2D eigenvalue weighted by Crippen LogP contribution is 2.50. The summed E-state index contributed by atoms with van der Waals surface area (Å²) in [6.07, 6.45) is -3.48. The van der Waals surface area contributed by atoms with Crippen LogP contribution in [0.25, 0.3) is 22.2 Å². The third-order valence-electron chi connectivity index (χ3n) is 6.22. The number of ether oxygens (including phenoxy) is 3. The van der Waals surface area contributed by atoms with E-state index in [1.165, 1.54) is 16.7 Å². The monoisotopic (exact) mass is 504 g/mol. The van der Waals surface area contributed by atoms with Crippen LogP contribution in [0, 0.1) is 0 Å². The molecule has 5 rings (SSSR count). The summed E-state index contributed by atoms with van der Waals surface area (Å²) in [7, 11) is 4.89. The molecule has 1 aromatic heterocycles. The van der Waals surface area contributed by atoms with Crippen molar-refractivity contribution in [3.8, 4) is 28.5 Å². The predicted molar refractivity (Wildman–Crippen MR) is 125 cm³/mol. The second-order valence-electron chi connectivity index (χ2n) is 8.20. The fraction of sp³-hybridized carbons (Fsp3) is 0.320. The number of hydrogen-bond donors (Lipinski definition) is 1. The number of hydrogen-bond acceptors (Lipinski definition) is 6. The predicted octanol–water partition coefficient (Wildman–Crippen LogP) is 4.37. The van der Waals surface area contributed by atoms with Gasteiger partial charge in [-0.25, -0.2) is 9.78 Å². The van der Waals surface area contributed by atoms with Crippen molar-refractivity contribution < 1.29 is 42.1 Å². The molecule has 0 saturated heterocycles. The van der Waals surface area contributed by atoms with E-state index in [2.05, 4.69) is 12.1 Å². The maximum atomic E-state index is 12.4. The molecule has 1 aliphatic heterocycles. The maximum absolute atomic E-state index is 12.4. The summed E-state index contributed by atoms with van der Waals surface area (Å²) in [5, 5.41) is 8.11. The standard InChI is InChI=1S/C23H22N2O4.C2HF3O2/c1-12(26)25-8-7-16-17-10-13-9-14(27-2)5-6-15(13)21(17)24-18-11-19(28-3)23(29-4)22(25)20(16)18;3-2(4,5)1(6)7/h5-6,9,11H,7-8,10H2,1-4H3;(H,6,7). The molecular weight excluding hydrogens is 481 g/mol. The van der Waals surface area contributed by atoms with Crippen LogP contribution < -0.4 is 19.1 Å². The molecule has 1 aliphatic carbocycles. The quantitative estimate of drug-likeness (QED) is 0.442. The lowest BCUT2D eigenvalue weighted by atomic mass is 9.92. The molecule has 2 aromatic carbocycles. The molecule has 1 amide bonds.